The van der Waals surface area contributed by atoms with Gasteiger partial charge in [-0.3, -0.25) is 9.11 Å². The fourth-order valence-electron chi connectivity index (χ4n) is 1.83. The quantitative estimate of drug-likeness (QED) is 0.731. The Kier molecular flexibility index (Phi) is 3.46. The average molecular weight is 317 g/mol. The van der Waals surface area contributed by atoms with Gasteiger partial charge in [0, 0.05) is 18.1 Å². The van der Waals surface area contributed by atoms with E-state index >= 15 is 0 Å². The summed E-state index contributed by atoms with van der Waals surface area (Å²) in [6.07, 6.45) is 0. The van der Waals surface area contributed by atoms with Crippen LogP contribution in [0.15, 0.2) is 40.1 Å². The Labute approximate surface area is 115 Å². The molecule has 2 aromatic rings. The maximum atomic E-state index is 11.3. The summed E-state index contributed by atoms with van der Waals surface area (Å²) in [5.41, 5.74) is 0.617. The minimum atomic E-state index is -4.63. The smallest absolute Gasteiger partial charge is 0.295 e. The van der Waals surface area contributed by atoms with E-state index in [4.69, 9.17) is 4.55 Å². The van der Waals surface area contributed by atoms with Crippen LogP contribution >= 0.6 is 0 Å². The van der Waals surface area contributed by atoms with Crippen LogP contribution in [0, 0.1) is 0 Å². The summed E-state index contributed by atoms with van der Waals surface area (Å²) in [6, 6.07) is 6.34. The molecule has 0 aromatic heterocycles. The Balaban J connectivity index is 2.96. The lowest BCUT2D eigenvalue weighted by Crippen LogP contribution is -2.04. The van der Waals surface area contributed by atoms with Crippen LogP contribution in [0.5, 0.6) is 0 Å². The predicted octanol–water partition coefficient (Wildman–Crippen LogP) is 1.37. The fourth-order valence-corrected chi connectivity index (χ4v) is 3.18. The number of fused-ring (bicyclic) bond motifs is 1. The van der Waals surface area contributed by atoms with E-state index in [1.165, 1.54) is 12.1 Å². The third-order valence-electron chi connectivity index (χ3n) is 2.75. The van der Waals surface area contributed by atoms with Crippen LogP contribution in [0.3, 0.4) is 0 Å². The first-order chi connectivity index (χ1) is 9.13. The van der Waals surface area contributed by atoms with Gasteiger partial charge in [-0.15, -0.1) is 0 Å². The minimum Gasteiger partial charge on any atom is -0.388 e. The van der Waals surface area contributed by atoms with Crippen molar-refractivity contribution < 1.29 is 25.9 Å². The van der Waals surface area contributed by atoms with Crippen molar-refractivity contribution in [1.29, 1.82) is 0 Å². The normalized spacial score (nSPS) is 12.6. The van der Waals surface area contributed by atoms with Gasteiger partial charge in [-0.1, -0.05) is 6.07 Å². The molecule has 2 rings (SSSR count). The number of hydrogen-bond acceptors (Lipinski definition) is 5. The van der Waals surface area contributed by atoms with Crippen LogP contribution in [0.1, 0.15) is 0 Å². The van der Waals surface area contributed by atoms with Gasteiger partial charge in [0.15, 0.2) is 0 Å². The molecule has 0 fully saturated rings. The molecule has 0 saturated carbocycles. The molecule has 0 bridgehead atoms. The number of rotatable bonds is 3. The largest absolute Gasteiger partial charge is 0.388 e. The Morgan fingerprint density at radius 3 is 2.10 bits per heavy atom. The highest BCUT2D eigenvalue weighted by atomic mass is 32.2. The Morgan fingerprint density at radius 2 is 1.60 bits per heavy atom. The highest BCUT2D eigenvalue weighted by Crippen LogP contribution is 2.29. The van der Waals surface area contributed by atoms with Crippen molar-refractivity contribution >= 4 is 36.7 Å². The topological polar surface area (TPSA) is 121 Å². The second kappa shape index (κ2) is 4.70. The van der Waals surface area contributed by atoms with E-state index in [-0.39, 0.29) is 10.8 Å². The second-order valence-electron chi connectivity index (χ2n) is 4.06. The van der Waals surface area contributed by atoms with Crippen LogP contribution in [0.25, 0.3) is 10.8 Å². The third kappa shape index (κ3) is 2.75. The van der Waals surface area contributed by atoms with Gasteiger partial charge in [0.25, 0.3) is 20.2 Å². The molecular formula is C11H11NO6S2. The van der Waals surface area contributed by atoms with Crippen molar-refractivity contribution in [2.24, 2.45) is 0 Å². The molecule has 0 atom stereocenters. The predicted molar refractivity (Wildman–Crippen MR) is 73.1 cm³/mol. The van der Waals surface area contributed by atoms with Crippen LogP contribution in [-0.2, 0) is 20.2 Å². The van der Waals surface area contributed by atoms with Crippen molar-refractivity contribution in [3.63, 3.8) is 0 Å². The van der Waals surface area contributed by atoms with Crippen molar-refractivity contribution in [3.8, 4) is 0 Å². The molecule has 108 valence electrons. The van der Waals surface area contributed by atoms with E-state index in [1.54, 1.807) is 13.1 Å². The van der Waals surface area contributed by atoms with Crippen LogP contribution < -0.4 is 5.32 Å². The maximum absolute atomic E-state index is 11.3. The first kappa shape index (κ1) is 14.7. The molecule has 9 heteroatoms. The molecule has 20 heavy (non-hydrogen) atoms. The number of anilines is 1. The monoisotopic (exact) mass is 317 g/mol. The van der Waals surface area contributed by atoms with E-state index in [2.05, 4.69) is 5.32 Å². The van der Waals surface area contributed by atoms with E-state index in [9.17, 15) is 21.4 Å². The number of benzene rings is 2. The molecule has 7 nitrogen and oxygen atoms in total. The van der Waals surface area contributed by atoms with Gasteiger partial charge in [0.05, 0.1) is 4.90 Å². The maximum Gasteiger partial charge on any atom is 0.295 e. The standard InChI is InChI=1S/C11H11NO6S2/c1-12-8-2-3-10-7(4-8)5-9(19(13,14)15)6-11(10)20(16,17)18/h2-6,12H,1H3,(H,13,14,15)(H,16,17,18). The van der Waals surface area contributed by atoms with Crippen molar-refractivity contribution in [2.75, 3.05) is 12.4 Å². The van der Waals surface area contributed by atoms with Gasteiger partial charge in [-0.05, 0) is 29.7 Å². The molecule has 0 saturated heterocycles. The molecule has 0 amide bonds. The first-order valence-electron chi connectivity index (χ1n) is 5.33. The van der Waals surface area contributed by atoms with Gasteiger partial charge in [0.1, 0.15) is 4.90 Å². The van der Waals surface area contributed by atoms with E-state index in [0.717, 1.165) is 6.07 Å². The zero-order valence-electron chi connectivity index (χ0n) is 10.2. The summed E-state index contributed by atoms with van der Waals surface area (Å²) in [5, 5.41) is 3.21. The van der Waals surface area contributed by atoms with E-state index in [1.807, 2.05) is 0 Å². The lowest BCUT2D eigenvalue weighted by atomic mass is 10.1. The van der Waals surface area contributed by atoms with Gasteiger partial charge in [-0.25, -0.2) is 0 Å². The fraction of sp³-hybridized carbons (Fsp3) is 0.0909. The lowest BCUT2D eigenvalue weighted by molar-refractivity contribution is 0.482. The first-order valence-corrected chi connectivity index (χ1v) is 8.21. The van der Waals surface area contributed by atoms with Crippen molar-refractivity contribution in [2.45, 2.75) is 9.79 Å². The number of hydrogen-bond donors (Lipinski definition) is 3. The van der Waals surface area contributed by atoms with Gasteiger partial charge >= 0.3 is 0 Å². The molecule has 0 aliphatic heterocycles. The van der Waals surface area contributed by atoms with Crippen molar-refractivity contribution in [1.82, 2.24) is 0 Å². The summed E-state index contributed by atoms with van der Waals surface area (Å²) in [7, 11) is -7.58. The Hall–Kier alpha value is -1.68. The number of nitrogens with one attached hydrogen (secondary N) is 1. The minimum absolute atomic E-state index is 0.152. The second-order valence-corrected chi connectivity index (χ2v) is 6.87. The van der Waals surface area contributed by atoms with Crippen LogP contribution in [0.4, 0.5) is 5.69 Å². The molecule has 3 N–H and O–H groups in total. The average Bonchev–Trinajstić information content (AvgIpc) is 2.34. The van der Waals surface area contributed by atoms with Crippen LogP contribution in [-0.4, -0.2) is 33.0 Å². The summed E-state index contributed by atoms with van der Waals surface area (Å²) in [4.78, 5) is -1.18. The zero-order valence-corrected chi connectivity index (χ0v) is 11.9. The molecular weight excluding hydrogens is 306 g/mol. The third-order valence-corrected chi connectivity index (χ3v) is 4.48. The highest BCUT2D eigenvalue weighted by Gasteiger charge is 2.20. The molecule has 0 spiro atoms. The highest BCUT2D eigenvalue weighted by molar-refractivity contribution is 7.86. The lowest BCUT2D eigenvalue weighted by Gasteiger charge is -2.08. The SMILES string of the molecule is CNc1ccc2c(S(=O)(=O)O)cc(S(=O)(=O)O)cc2c1. The van der Waals surface area contributed by atoms with Crippen LogP contribution in [0.2, 0.25) is 0 Å². The van der Waals surface area contributed by atoms with Crippen molar-refractivity contribution in [3.05, 3.63) is 30.3 Å². The Bertz CT molecular complexity index is 887. The molecule has 0 heterocycles. The summed E-state index contributed by atoms with van der Waals surface area (Å²) >= 11 is 0. The summed E-state index contributed by atoms with van der Waals surface area (Å²) < 4.78 is 63.3. The van der Waals surface area contributed by atoms with E-state index in [0.29, 0.717) is 11.8 Å². The zero-order chi connectivity index (χ0) is 15.1. The molecule has 0 unspecified atom stereocenters. The molecule has 2 aromatic carbocycles. The van der Waals surface area contributed by atoms with E-state index < -0.39 is 30.0 Å². The van der Waals surface area contributed by atoms with Gasteiger partial charge < -0.3 is 5.32 Å². The summed E-state index contributed by atoms with van der Waals surface area (Å²) in [6.45, 7) is 0. The summed E-state index contributed by atoms with van der Waals surface area (Å²) in [5.74, 6) is 0. The Morgan fingerprint density at radius 1 is 0.950 bits per heavy atom. The van der Waals surface area contributed by atoms with Gasteiger partial charge in [0.2, 0.25) is 0 Å². The molecule has 0 aliphatic carbocycles. The molecule has 0 radical (unpaired) electrons. The van der Waals surface area contributed by atoms with Gasteiger partial charge in [-0.2, -0.15) is 16.8 Å². The molecule has 0 aliphatic rings.